The lowest BCUT2D eigenvalue weighted by Crippen LogP contribution is -2.41. The Kier molecular flexibility index (Phi) is 7.83. The summed E-state index contributed by atoms with van der Waals surface area (Å²) in [6.45, 7) is 8.04. The van der Waals surface area contributed by atoms with Gasteiger partial charge < -0.3 is 15.4 Å². The number of amides is 1. The van der Waals surface area contributed by atoms with Crippen molar-refractivity contribution in [1.82, 2.24) is 15.2 Å². The monoisotopic (exact) mass is 320 g/mol. The number of unbranched alkanes of at least 4 members (excludes halogenated alkanes) is 2. The maximum atomic E-state index is 12.2. The fourth-order valence-corrected chi connectivity index (χ4v) is 2.51. The fourth-order valence-electron chi connectivity index (χ4n) is 2.51. The summed E-state index contributed by atoms with van der Waals surface area (Å²) in [5, 5.41) is 6.24. The second kappa shape index (κ2) is 10.2. The maximum Gasteiger partial charge on any atom is 0.251 e. The highest BCUT2D eigenvalue weighted by molar-refractivity contribution is 5.94. The lowest BCUT2D eigenvalue weighted by Gasteiger charge is -2.26. The van der Waals surface area contributed by atoms with Gasteiger partial charge in [-0.1, -0.05) is 19.8 Å². The number of ether oxygens (including phenoxy) is 1. The van der Waals surface area contributed by atoms with Crippen molar-refractivity contribution < 1.29 is 9.53 Å². The number of rotatable bonds is 9. The lowest BCUT2D eigenvalue weighted by atomic mass is 10.2. The summed E-state index contributed by atoms with van der Waals surface area (Å²) in [6.07, 6.45) is 5.20. The Bertz CT molecular complexity index is 475. The van der Waals surface area contributed by atoms with Gasteiger partial charge in [-0.15, -0.1) is 0 Å². The number of hydrogen-bond acceptors (Lipinski definition) is 5. The number of morpholine rings is 1. The Balaban J connectivity index is 1.72. The van der Waals surface area contributed by atoms with E-state index in [2.05, 4.69) is 27.4 Å². The zero-order valence-corrected chi connectivity index (χ0v) is 14.0. The smallest absolute Gasteiger partial charge is 0.251 e. The first-order valence-corrected chi connectivity index (χ1v) is 8.58. The first-order valence-electron chi connectivity index (χ1n) is 8.58. The molecule has 0 saturated carbocycles. The van der Waals surface area contributed by atoms with Crippen LogP contribution >= 0.6 is 0 Å². The van der Waals surface area contributed by atoms with E-state index in [1.54, 1.807) is 12.3 Å². The number of aromatic nitrogens is 1. The highest BCUT2D eigenvalue weighted by Gasteiger charge is 2.11. The molecule has 0 bridgehead atoms. The molecular formula is C17H28N4O2. The molecule has 1 amide bonds. The highest BCUT2D eigenvalue weighted by Crippen LogP contribution is 2.07. The zero-order valence-electron chi connectivity index (χ0n) is 14.0. The number of carbonyl (C=O) groups excluding carboxylic acids is 1. The summed E-state index contributed by atoms with van der Waals surface area (Å²) >= 11 is 0. The predicted molar refractivity (Wildman–Crippen MR) is 91.8 cm³/mol. The van der Waals surface area contributed by atoms with Crippen molar-refractivity contribution in [2.24, 2.45) is 0 Å². The molecule has 0 aliphatic carbocycles. The molecule has 6 heteroatoms. The van der Waals surface area contributed by atoms with Gasteiger partial charge >= 0.3 is 0 Å². The first kappa shape index (κ1) is 17.7. The average Bonchev–Trinajstić information content (AvgIpc) is 2.60. The van der Waals surface area contributed by atoms with Gasteiger partial charge in [0.15, 0.2) is 0 Å². The van der Waals surface area contributed by atoms with E-state index in [1.165, 1.54) is 12.8 Å². The van der Waals surface area contributed by atoms with Crippen LogP contribution in [0.5, 0.6) is 0 Å². The van der Waals surface area contributed by atoms with Crippen molar-refractivity contribution in [1.29, 1.82) is 0 Å². The van der Waals surface area contributed by atoms with Crippen LogP contribution in [0.2, 0.25) is 0 Å². The minimum absolute atomic E-state index is 0.0442. The van der Waals surface area contributed by atoms with E-state index in [9.17, 15) is 4.79 Å². The molecule has 6 nitrogen and oxygen atoms in total. The van der Waals surface area contributed by atoms with E-state index in [4.69, 9.17) is 4.74 Å². The van der Waals surface area contributed by atoms with Gasteiger partial charge in [-0.3, -0.25) is 9.69 Å². The molecule has 1 aromatic rings. The number of carbonyl (C=O) groups is 1. The average molecular weight is 320 g/mol. The van der Waals surface area contributed by atoms with Crippen LogP contribution in [0.3, 0.4) is 0 Å². The molecule has 2 rings (SSSR count). The van der Waals surface area contributed by atoms with Crippen LogP contribution < -0.4 is 10.6 Å². The van der Waals surface area contributed by atoms with E-state index in [0.29, 0.717) is 12.1 Å². The minimum Gasteiger partial charge on any atom is -0.379 e. The highest BCUT2D eigenvalue weighted by atomic mass is 16.5. The largest absolute Gasteiger partial charge is 0.379 e. The normalized spacial score (nSPS) is 15.3. The molecular weight excluding hydrogens is 292 g/mol. The van der Waals surface area contributed by atoms with E-state index < -0.39 is 0 Å². The van der Waals surface area contributed by atoms with Gasteiger partial charge in [-0.2, -0.15) is 0 Å². The Labute approximate surface area is 138 Å². The van der Waals surface area contributed by atoms with Crippen LogP contribution in [0.1, 0.15) is 36.5 Å². The number of hydrogen-bond donors (Lipinski definition) is 2. The van der Waals surface area contributed by atoms with Crippen molar-refractivity contribution in [2.75, 3.05) is 51.3 Å². The molecule has 1 saturated heterocycles. The third kappa shape index (κ3) is 6.54. The first-order chi connectivity index (χ1) is 11.3. The molecule has 23 heavy (non-hydrogen) atoms. The van der Waals surface area contributed by atoms with E-state index >= 15 is 0 Å². The summed E-state index contributed by atoms with van der Waals surface area (Å²) in [7, 11) is 0. The van der Waals surface area contributed by atoms with Crippen LogP contribution in [0.4, 0.5) is 5.82 Å². The predicted octanol–water partition coefficient (Wildman–Crippen LogP) is 1.75. The minimum atomic E-state index is -0.0442. The molecule has 1 aromatic heterocycles. The Hall–Kier alpha value is -1.66. The number of anilines is 1. The van der Waals surface area contributed by atoms with Crippen LogP contribution in [0, 0.1) is 0 Å². The van der Waals surface area contributed by atoms with Crippen molar-refractivity contribution in [3.63, 3.8) is 0 Å². The summed E-state index contributed by atoms with van der Waals surface area (Å²) in [5.74, 6) is 0.721. The Morgan fingerprint density at radius 1 is 1.30 bits per heavy atom. The van der Waals surface area contributed by atoms with Crippen molar-refractivity contribution in [3.8, 4) is 0 Å². The molecule has 0 atom stereocenters. The van der Waals surface area contributed by atoms with Gasteiger partial charge in [0.25, 0.3) is 5.91 Å². The quantitative estimate of drug-likeness (QED) is 0.679. The molecule has 0 radical (unpaired) electrons. The summed E-state index contributed by atoms with van der Waals surface area (Å²) in [4.78, 5) is 18.8. The Morgan fingerprint density at radius 2 is 2.13 bits per heavy atom. The SMILES string of the molecule is CCCCCNc1cc(C(=O)NCCN2CCOCC2)ccn1. The van der Waals surface area contributed by atoms with Gasteiger partial charge in [0.05, 0.1) is 13.2 Å². The second-order valence-corrected chi connectivity index (χ2v) is 5.77. The third-order valence-corrected chi connectivity index (χ3v) is 3.93. The Morgan fingerprint density at radius 3 is 2.91 bits per heavy atom. The lowest BCUT2D eigenvalue weighted by molar-refractivity contribution is 0.0383. The fraction of sp³-hybridized carbons (Fsp3) is 0.647. The topological polar surface area (TPSA) is 66.5 Å². The standard InChI is InChI=1S/C17H28N4O2/c1-2-3-4-6-18-16-14-15(5-7-19-16)17(22)20-8-9-21-10-12-23-13-11-21/h5,7,14H,2-4,6,8-13H2,1H3,(H,18,19)(H,20,22). The van der Waals surface area contributed by atoms with Crippen LogP contribution in [0.15, 0.2) is 18.3 Å². The van der Waals surface area contributed by atoms with Crippen molar-refractivity contribution in [3.05, 3.63) is 23.9 Å². The molecule has 1 aliphatic heterocycles. The number of nitrogens with zero attached hydrogens (tertiary/aromatic N) is 2. The van der Waals surface area contributed by atoms with Crippen LogP contribution in [0.25, 0.3) is 0 Å². The molecule has 1 aliphatic rings. The second-order valence-electron chi connectivity index (χ2n) is 5.77. The summed E-state index contributed by atoms with van der Waals surface area (Å²) in [6, 6.07) is 3.57. The van der Waals surface area contributed by atoms with E-state index in [0.717, 1.165) is 51.6 Å². The zero-order chi connectivity index (χ0) is 16.3. The van der Waals surface area contributed by atoms with Gasteiger partial charge in [0.1, 0.15) is 5.82 Å². The summed E-state index contributed by atoms with van der Waals surface area (Å²) in [5.41, 5.74) is 0.653. The summed E-state index contributed by atoms with van der Waals surface area (Å²) < 4.78 is 5.31. The number of nitrogens with one attached hydrogen (secondary N) is 2. The van der Waals surface area contributed by atoms with Gasteiger partial charge in [0, 0.05) is 44.5 Å². The van der Waals surface area contributed by atoms with Gasteiger partial charge in [-0.25, -0.2) is 4.98 Å². The van der Waals surface area contributed by atoms with Crippen molar-refractivity contribution >= 4 is 11.7 Å². The molecule has 128 valence electrons. The molecule has 2 N–H and O–H groups in total. The molecule has 0 aromatic carbocycles. The van der Waals surface area contributed by atoms with Gasteiger partial charge in [-0.05, 0) is 18.6 Å². The molecule has 1 fully saturated rings. The van der Waals surface area contributed by atoms with Crippen LogP contribution in [-0.2, 0) is 4.74 Å². The third-order valence-electron chi connectivity index (χ3n) is 3.93. The molecule has 2 heterocycles. The molecule has 0 spiro atoms. The number of pyridine rings is 1. The maximum absolute atomic E-state index is 12.2. The van der Waals surface area contributed by atoms with E-state index in [-0.39, 0.29) is 5.91 Å². The van der Waals surface area contributed by atoms with Crippen molar-refractivity contribution in [2.45, 2.75) is 26.2 Å². The molecule has 0 unspecified atom stereocenters. The van der Waals surface area contributed by atoms with Crippen LogP contribution in [-0.4, -0.2) is 61.7 Å². The van der Waals surface area contributed by atoms with Gasteiger partial charge in [0.2, 0.25) is 0 Å². The van der Waals surface area contributed by atoms with E-state index in [1.807, 2.05) is 6.07 Å².